The van der Waals surface area contributed by atoms with E-state index in [-0.39, 0.29) is 0 Å². The van der Waals surface area contributed by atoms with Crippen LogP contribution in [0.3, 0.4) is 0 Å². The van der Waals surface area contributed by atoms with E-state index in [0.29, 0.717) is 17.1 Å². The largest absolute Gasteiger partial charge is 0.378 e. The minimum absolute atomic E-state index is 0.335. The molecule has 0 fully saturated rings. The van der Waals surface area contributed by atoms with Gasteiger partial charge < -0.3 is 10.4 Å². The van der Waals surface area contributed by atoms with Crippen molar-refractivity contribution < 1.29 is 9.90 Å². The van der Waals surface area contributed by atoms with Crippen LogP contribution in [0.15, 0.2) is 24.3 Å². The Morgan fingerprint density at radius 2 is 2.09 bits per heavy atom. The molecule has 0 aliphatic heterocycles. The average Bonchev–Trinajstić information content (AvgIpc) is 2.79. The van der Waals surface area contributed by atoms with Gasteiger partial charge in [0.15, 0.2) is 6.10 Å². The molecule has 23 heavy (non-hydrogen) atoms. The van der Waals surface area contributed by atoms with Gasteiger partial charge in [0.05, 0.1) is 5.69 Å². The van der Waals surface area contributed by atoms with E-state index in [1.54, 1.807) is 24.3 Å². The van der Waals surface area contributed by atoms with Crippen LogP contribution in [0, 0.1) is 13.8 Å². The molecule has 124 valence electrons. The summed E-state index contributed by atoms with van der Waals surface area (Å²) in [4.78, 5) is 12.2. The summed E-state index contributed by atoms with van der Waals surface area (Å²) in [6.45, 7) is 7.19. The summed E-state index contributed by atoms with van der Waals surface area (Å²) in [6, 6.07) is 6.78. The van der Waals surface area contributed by atoms with Crippen LogP contribution in [0.1, 0.15) is 42.0 Å². The number of hydrogen-bond donors (Lipinski definition) is 2. The standard InChI is InChI=1S/C17H22ClN3O2/c1-4-9-21-12(3)14(11(2)20-21)10-19-17(23)16(22)13-7-5-6-8-15(13)18/h5-8,16,22H,4,9-10H2,1-3H3,(H,19,23)/t16-/m0/s1. The highest BCUT2D eigenvalue weighted by Gasteiger charge is 2.20. The van der Waals surface area contributed by atoms with E-state index >= 15 is 0 Å². The second-order valence-electron chi connectivity index (χ2n) is 5.51. The van der Waals surface area contributed by atoms with E-state index in [1.807, 2.05) is 18.5 Å². The van der Waals surface area contributed by atoms with E-state index in [2.05, 4.69) is 17.3 Å². The lowest BCUT2D eigenvalue weighted by atomic mass is 10.1. The van der Waals surface area contributed by atoms with Crippen LogP contribution < -0.4 is 5.32 Å². The highest BCUT2D eigenvalue weighted by Crippen LogP contribution is 2.23. The Balaban J connectivity index is 2.06. The fourth-order valence-electron chi connectivity index (χ4n) is 2.53. The molecule has 2 rings (SSSR count). The highest BCUT2D eigenvalue weighted by molar-refractivity contribution is 6.31. The fourth-order valence-corrected chi connectivity index (χ4v) is 2.77. The monoisotopic (exact) mass is 335 g/mol. The highest BCUT2D eigenvalue weighted by atomic mass is 35.5. The van der Waals surface area contributed by atoms with Crippen LogP contribution in [-0.2, 0) is 17.9 Å². The third-order valence-electron chi connectivity index (χ3n) is 3.85. The second-order valence-corrected chi connectivity index (χ2v) is 5.92. The maximum atomic E-state index is 12.2. The van der Waals surface area contributed by atoms with E-state index in [4.69, 9.17) is 11.6 Å². The summed E-state index contributed by atoms with van der Waals surface area (Å²) < 4.78 is 1.95. The first-order valence-electron chi connectivity index (χ1n) is 7.68. The SMILES string of the molecule is CCCn1nc(C)c(CNC(=O)[C@@H](O)c2ccccc2Cl)c1C. The number of nitrogens with one attached hydrogen (secondary N) is 1. The van der Waals surface area contributed by atoms with Crippen molar-refractivity contribution in [1.82, 2.24) is 15.1 Å². The summed E-state index contributed by atoms with van der Waals surface area (Å²) in [5.74, 6) is -0.472. The molecule has 0 spiro atoms. The van der Waals surface area contributed by atoms with Gasteiger partial charge in [-0.3, -0.25) is 9.48 Å². The molecule has 0 aliphatic carbocycles. The van der Waals surface area contributed by atoms with Crippen LogP contribution in [0.25, 0.3) is 0 Å². The smallest absolute Gasteiger partial charge is 0.253 e. The van der Waals surface area contributed by atoms with Gasteiger partial charge in [-0.25, -0.2) is 0 Å². The molecule has 0 unspecified atom stereocenters. The zero-order valence-corrected chi connectivity index (χ0v) is 14.4. The number of carbonyl (C=O) groups is 1. The number of aliphatic hydroxyl groups is 1. The molecule has 5 nitrogen and oxygen atoms in total. The summed E-state index contributed by atoms with van der Waals surface area (Å²) in [6.07, 6.45) is -0.283. The lowest BCUT2D eigenvalue weighted by Gasteiger charge is -2.13. The van der Waals surface area contributed by atoms with Crippen LogP contribution in [0.5, 0.6) is 0 Å². The van der Waals surface area contributed by atoms with Gasteiger partial charge in [-0.2, -0.15) is 5.10 Å². The summed E-state index contributed by atoms with van der Waals surface area (Å²) in [5, 5.41) is 17.8. The molecule has 0 bridgehead atoms. The predicted molar refractivity (Wildman–Crippen MR) is 90.3 cm³/mol. The van der Waals surface area contributed by atoms with E-state index in [0.717, 1.165) is 29.9 Å². The molecule has 0 saturated heterocycles. The van der Waals surface area contributed by atoms with Crippen molar-refractivity contribution in [3.63, 3.8) is 0 Å². The normalized spacial score (nSPS) is 12.2. The molecule has 6 heteroatoms. The summed E-state index contributed by atoms with van der Waals surface area (Å²) in [7, 11) is 0. The van der Waals surface area contributed by atoms with Crippen LogP contribution in [0.4, 0.5) is 0 Å². The number of carbonyl (C=O) groups excluding carboxylic acids is 1. The van der Waals surface area contributed by atoms with Gasteiger partial charge in [0, 0.05) is 34.9 Å². The quantitative estimate of drug-likeness (QED) is 0.853. The van der Waals surface area contributed by atoms with Gasteiger partial charge in [0.1, 0.15) is 0 Å². The van der Waals surface area contributed by atoms with Crippen molar-refractivity contribution in [3.05, 3.63) is 51.8 Å². The Morgan fingerprint density at radius 1 is 1.39 bits per heavy atom. The number of hydrogen-bond acceptors (Lipinski definition) is 3. The zero-order valence-electron chi connectivity index (χ0n) is 13.6. The molecule has 1 aromatic heterocycles. The Kier molecular flexibility index (Phi) is 5.80. The van der Waals surface area contributed by atoms with Crippen LogP contribution in [-0.4, -0.2) is 20.8 Å². The summed E-state index contributed by atoms with van der Waals surface area (Å²) >= 11 is 6.02. The topological polar surface area (TPSA) is 67.2 Å². The minimum atomic E-state index is -1.28. The Bertz CT molecular complexity index is 697. The second kappa shape index (κ2) is 7.62. The van der Waals surface area contributed by atoms with Crippen molar-refractivity contribution in [2.45, 2.75) is 46.4 Å². The van der Waals surface area contributed by atoms with Crippen LogP contribution >= 0.6 is 11.6 Å². The van der Waals surface area contributed by atoms with Gasteiger partial charge in [-0.15, -0.1) is 0 Å². The molecular formula is C17H22ClN3O2. The zero-order chi connectivity index (χ0) is 17.0. The molecule has 1 aromatic carbocycles. The van der Waals surface area contributed by atoms with Crippen molar-refractivity contribution in [1.29, 1.82) is 0 Å². The number of aromatic nitrogens is 2. The van der Waals surface area contributed by atoms with E-state index in [9.17, 15) is 9.90 Å². The molecule has 2 N–H and O–H groups in total. The van der Waals surface area contributed by atoms with Crippen LogP contribution in [0.2, 0.25) is 5.02 Å². The first kappa shape index (κ1) is 17.5. The van der Waals surface area contributed by atoms with Gasteiger partial charge >= 0.3 is 0 Å². The number of benzene rings is 1. The lowest BCUT2D eigenvalue weighted by molar-refractivity contribution is -0.129. The van der Waals surface area contributed by atoms with Crippen molar-refractivity contribution >= 4 is 17.5 Å². The molecule has 1 heterocycles. The third kappa shape index (κ3) is 3.92. The van der Waals surface area contributed by atoms with Gasteiger partial charge in [0.2, 0.25) is 0 Å². The number of nitrogens with zero attached hydrogens (tertiary/aromatic N) is 2. The van der Waals surface area contributed by atoms with Crippen molar-refractivity contribution in [2.24, 2.45) is 0 Å². The molecule has 0 aliphatic rings. The van der Waals surface area contributed by atoms with Gasteiger partial charge in [-0.1, -0.05) is 36.7 Å². The maximum absolute atomic E-state index is 12.2. The molecule has 2 aromatic rings. The fraction of sp³-hybridized carbons (Fsp3) is 0.412. The lowest BCUT2D eigenvalue weighted by Crippen LogP contribution is -2.29. The Labute approximate surface area is 141 Å². The molecule has 0 saturated carbocycles. The predicted octanol–water partition coefficient (Wildman–Crippen LogP) is 2.91. The van der Waals surface area contributed by atoms with Crippen molar-refractivity contribution in [2.75, 3.05) is 0 Å². The van der Waals surface area contributed by atoms with E-state index < -0.39 is 12.0 Å². The molecular weight excluding hydrogens is 314 g/mol. The molecule has 1 amide bonds. The third-order valence-corrected chi connectivity index (χ3v) is 4.20. The molecule has 0 radical (unpaired) electrons. The van der Waals surface area contributed by atoms with Crippen molar-refractivity contribution in [3.8, 4) is 0 Å². The number of halogens is 1. The first-order chi connectivity index (χ1) is 11.0. The number of rotatable bonds is 6. The maximum Gasteiger partial charge on any atom is 0.253 e. The first-order valence-corrected chi connectivity index (χ1v) is 8.06. The number of amides is 1. The Hall–Kier alpha value is -1.85. The average molecular weight is 336 g/mol. The van der Waals surface area contributed by atoms with Gasteiger partial charge in [-0.05, 0) is 26.3 Å². The number of aryl methyl sites for hydroxylation is 2. The van der Waals surface area contributed by atoms with Gasteiger partial charge in [0.25, 0.3) is 5.91 Å². The summed E-state index contributed by atoms with van der Waals surface area (Å²) in [5.41, 5.74) is 3.32. The molecule has 1 atom stereocenters. The number of aliphatic hydroxyl groups excluding tert-OH is 1. The minimum Gasteiger partial charge on any atom is -0.378 e. The van der Waals surface area contributed by atoms with E-state index in [1.165, 1.54) is 0 Å². The Morgan fingerprint density at radius 3 is 2.74 bits per heavy atom.